The lowest BCUT2D eigenvalue weighted by atomic mass is 10.0. The summed E-state index contributed by atoms with van der Waals surface area (Å²) in [6.45, 7) is 2.29. The third-order valence-electron chi connectivity index (χ3n) is 4.41. The van der Waals surface area contributed by atoms with Crippen LogP contribution in [0.4, 0.5) is 0 Å². The fourth-order valence-electron chi connectivity index (χ4n) is 3.04. The number of rotatable bonds is 12. The molecule has 2 heteroatoms. The number of hydrogen-bond acceptors (Lipinski definition) is 0. The van der Waals surface area contributed by atoms with Gasteiger partial charge in [0.2, 0.25) is 0 Å². The van der Waals surface area contributed by atoms with Crippen molar-refractivity contribution in [1.29, 1.82) is 0 Å². The highest BCUT2D eigenvalue weighted by atomic mass is 79.9. The van der Waals surface area contributed by atoms with Crippen molar-refractivity contribution in [3.63, 3.8) is 0 Å². The molecule has 1 aromatic carbocycles. The number of benzene rings is 1. The van der Waals surface area contributed by atoms with E-state index in [1.54, 1.807) is 0 Å². The minimum atomic E-state index is 0. The highest BCUT2D eigenvalue weighted by molar-refractivity contribution is 5.96. The summed E-state index contributed by atoms with van der Waals surface area (Å²) in [4.78, 5) is 0. The zero-order chi connectivity index (χ0) is 16.0. The third kappa shape index (κ3) is 10.7. The first-order valence-electron chi connectivity index (χ1n) is 9.34. The van der Waals surface area contributed by atoms with Crippen LogP contribution in [0.3, 0.4) is 0 Å². The lowest BCUT2D eigenvalue weighted by molar-refractivity contribution is -0.465. The second-order valence-corrected chi connectivity index (χ2v) is 6.64. The zero-order valence-corrected chi connectivity index (χ0v) is 17.1. The molecule has 0 aliphatic rings. The predicted molar refractivity (Wildman–Crippen MR) is 99.1 cm³/mol. The summed E-state index contributed by atoms with van der Waals surface area (Å²) in [5.41, 5.74) is 2.85. The lowest BCUT2D eigenvalue weighted by Gasteiger charge is -2.05. The second-order valence-electron chi connectivity index (χ2n) is 6.64. The van der Waals surface area contributed by atoms with Crippen LogP contribution in [-0.4, -0.2) is 24.4 Å². The van der Waals surface area contributed by atoms with Crippen LogP contribution in [-0.2, 0) is 0 Å². The van der Waals surface area contributed by atoms with E-state index in [1.165, 1.54) is 81.9 Å². The van der Waals surface area contributed by atoms with Gasteiger partial charge in [-0.05, 0) is 18.6 Å². The summed E-state index contributed by atoms with van der Waals surface area (Å²) in [7, 11) is 4.33. The lowest BCUT2D eigenvalue weighted by Crippen LogP contribution is -3.00. The first kappa shape index (κ1) is 22.4. The molecule has 0 spiro atoms. The Morgan fingerprint density at radius 1 is 0.739 bits per heavy atom. The van der Waals surface area contributed by atoms with Crippen molar-refractivity contribution in [2.45, 2.75) is 77.6 Å². The van der Waals surface area contributed by atoms with E-state index in [1.807, 2.05) is 0 Å². The van der Waals surface area contributed by atoms with E-state index < -0.39 is 0 Å². The Hall–Kier alpha value is -0.630. The largest absolute Gasteiger partial charge is 1.00 e. The van der Waals surface area contributed by atoms with E-state index in [4.69, 9.17) is 0 Å². The van der Waals surface area contributed by atoms with Crippen molar-refractivity contribution in [3.8, 4) is 0 Å². The average Bonchev–Trinajstić information content (AvgIpc) is 2.53. The smallest absolute Gasteiger partial charge is 0.182 e. The van der Waals surface area contributed by atoms with E-state index in [9.17, 15) is 0 Å². The molecule has 0 atom stereocenters. The van der Waals surface area contributed by atoms with Gasteiger partial charge in [0, 0.05) is 12.0 Å². The van der Waals surface area contributed by atoms with Gasteiger partial charge >= 0.3 is 0 Å². The van der Waals surface area contributed by atoms with Crippen LogP contribution in [0, 0.1) is 0 Å². The zero-order valence-electron chi connectivity index (χ0n) is 15.5. The monoisotopic (exact) mass is 381 g/mol. The van der Waals surface area contributed by atoms with Crippen molar-refractivity contribution in [1.82, 2.24) is 0 Å². The van der Waals surface area contributed by atoms with Gasteiger partial charge < -0.3 is 17.0 Å². The van der Waals surface area contributed by atoms with Crippen LogP contribution in [0.5, 0.6) is 0 Å². The van der Waals surface area contributed by atoms with Gasteiger partial charge in [-0.25, -0.2) is 4.58 Å². The molecular formula is C21H36BrN. The summed E-state index contributed by atoms with van der Waals surface area (Å²) in [6, 6.07) is 10.8. The Kier molecular flexibility index (Phi) is 14.5. The molecule has 0 N–H and O–H groups in total. The van der Waals surface area contributed by atoms with Gasteiger partial charge in [0.05, 0.1) is 0 Å². The molecule has 0 heterocycles. The number of hydrogen-bond donors (Lipinski definition) is 0. The summed E-state index contributed by atoms with van der Waals surface area (Å²) in [6.07, 6.45) is 15.3. The Bertz CT molecular complexity index is 407. The highest BCUT2D eigenvalue weighted by Gasteiger charge is 2.10. The molecule has 0 saturated carbocycles. The maximum atomic E-state index is 2.29. The highest BCUT2D eigenvalue weighted by Crippen LogP contribution is 2.13. The molecule has 0 bridgehead atoms. The molecule has 0 aliphatic carbocycles. The molecule has 23 heavy (non-hydrogen) atoms. The molecule has 0 unspecified atom stereocenters. The molecule has 0 fully saturated rings. The molecule has 132 valence electrons. The van der Waals surface area contributed by atoms with Crippen LogP contribution >= 0.6 is 0 Å². The first-order valence-corrected chi connectivity index (χ1v) is 9.34. The predicted octanol–water partition coefficient (Wildman–Crippen LogP) is 3.06. The minimum Gasteiger partial charge on any atom is -1.00 e. The number of nitrogens with zero attached hydrogens (tertiary/aromatic N) is 1. The van der Waals surface area contributed by atoms with Gasteiger partial charge in [-0.3, -0.25) is 0 Å². The molecule has 0 radical (unpaired) electrons. The summed E-state index contributed by atoms with van der Waals surface area (Å²) >= 11 is 0. The standard InChI is InChI=1S/C21H36N.BrH/c1-4-5-6-7-8-9-10-11-12-16-19-21(22(2)3)20-17-14-13-15-18-20;/h13-15,17-18H,4-12,16,19H2,1-3H3;1H/q+1;/p-1. The molecular weight excluding hydrogens is 346 g/mol. The van der Waals surface area contributed by atoms with Crippen LogP contribution < -0.4 is 17.0 Å². The molecule has 0 aliphatic heterocycles. The topological polar surface area (TPSA) is 3.01 Å². The van der Waals surface area contributed by atoms with E-state index in [0.717, 1.165) is 0 Å². The van der Waals surface area contributed by atoms with E-state index in [-0.39, 0.29) is 17.0 Å². The van der Waals surface area contributed by atoms with Crippen LogP contribution in [0.1, 0.15) is 83.1 Å². The summed E-state index contributed by atoms with van der Waals surface area (Å²) < 4.78 is 2.28. The molecule has 0 saturated heterocycles. The average molecular weight is 382 g/mol. The van der Waals surface area contributed by atoms with Crippen molar-refractivity contribution < 1.29 is 21.6 Å². The van der Waals surface area contributed by atoms with Crippen molar-refractivity contribution in [3.05, 3.63) is 35.9 Å². The third-order valence-corrected chi connectivity index (χ3v) is 4.41. The fourth-order valence-corrected chi connectivity index (χ4v) is 3.04. The Morgan fingerprint density at radius 3 is 1.70 bits per heavy atom. The van der Waals surface area contributed by atoms with Crippen molar-refractivity contribution in [2.24, 2.45) is 0 Å². The summed E-state index contributed by atoms with van der Waals surface area (Å²) in [5.74, 6) is 0. The van der Waals surface area contributed by atoms with Gasteiger partial charge in [0.25, 0.3) is 0 Å². The molecule has 1 aromatic rings. The van der Waals surface area contributed by atoms with Crippen LogP contribution in [0.15, 0.2) is 30.3 Å². The van der Waals surface area contributed by atoms with Crippen molar-refractivity contribution >= 4 is 5.71 Å². The van der Waals surface area contributed by atoms with E-state index in [2.05, 4.69) is 55.9 Å². The molecule has 0 amide bonds. The SMILES string of the molecule is CCCCCCCCCCCCC(c1ccccc1)=[N+](C)C.[Br-]. The maximum absolute atomic E-state index is 2.29. The number of unbranched alkanes of at least 4 members (excludes halogenated alkanes) is 9. The quantitative estimate of drug-likeness (QED) is 0.297. The van der Waals surface area contributed by atoms with Gasteiger partial charge in [0.1, 0.15) is 14.1 Å². The molecule has 0 aromatic heterocycles. The van der Waals surface area contributed by atoms with Gasteiger partial charge in [0.15, 0.2) is 5.71 Å². The fraction of sp³-hybridized carbons (Fsp3) is 0.667. The Morgan fingerprint density at radius 2 is 1.22 bits per heavy atom. The van der Waals surface area contributed by atoms with E-state index >= 15 is 0 Å². The normalized spacial score (nSPS) is 10.2. The second kappa shape index (κ2) is 14.9. The van der Waals surface area contributed by atoms with Gasteiger partial charge in [-0.15, -0.1) is 0 Å². The van der Waals surface area contributed by atoms with Crippen LogP contribution in [0.2, 0.25) is 0 Å². The molecule has 1 nitrogen and oxygen atoms in total. The van der Waals surface area contributed by atoms with Crippen molar-refractivity contribution in [2.75, 3.05) is 14.1 Å². The number of halogens is 1. The maximum Gasteiger partial charge on any atom is 0.182 e. The first-order chi connectivity index (χ1) is 10.8. The Balaban J connectivity index is 0.00000484. The summed E-state index contributed by atoms with van der Waals surface area (Å²) in [5, 5.41) is 0. The minimum absolute atomic E-state index is 0. The van der Waals surface area contributed by atoms with Crippen LogP contribution in [0.25, 0.3) is 0 Å². The van der Waals surface area contributed by atoms with Gasteiger partial charge in [-0.1, -0.05) is 82.9 Å². The van der Waals surface area contributed by atoms with Gasteiger partial charge in [-0.2, -0.15) is 0 Å². The van der Waals surface area contributed by atoms with E-state index in [0.29, 0.717) is 0 Å². The Labute approximate surface area is 155 Å². The molecule has 1 rings (SSSR count).